The third kappa shape index (κ3) is 4.07. The van der Waals surface area contributed by atoms with Gasteiger partial charge >= 0.3 is 0 Å². The number of carbonyl (C=O) groups excluding carboxylic acids is 1. The summed E-state index contributed by atoms with van der Waals surface area (Å²) in [6.45, 7) is 6.18. The van der Waals surface area contributed by atoms with Crippen LogP contribution in [0, 0.1) is 5.41 Å². The highest BCUT2D eigenvalue weighted by Crippen LogP contribution is 2.25. The molecule has 8 heteroatoms. The second kappa shape index (κ2) is 9.04. The lowest BCUT2D eigenvalue weighted by molar-refractivity contribution is -0.126. The molecule has 0 spiro atoms. The van der Waals surface area contributed by atoms with Crippen molar-refractivity contribution in [2.75, 3.05) is 18.5 Å². The zero-order valence-electron chi connectivity index (χ0n) is 17.1. The standard InChI is InChI=1S/C22H25N7O/c1-4-16-12-25-20(5-2)29(22(16)30)14-19-26-18-9-7-6-8-17(18)21(27-19)28(3)13-15(10-23)11-24/h4-12,23,25H,1,13-14,24H2,2-3H3/b15-11?,20-5+,23-10?. The summed E-state index contributed by atoms with van der Waals surface area (Å²) in [7, 11) is 1.88. The van der Waals surface area contributed by atoms with Crippen LogP contribution in [0.1, 0.15) is 12.7 Å². The molecule has 1 aliphatic rings. The predicted octanol–water partition coefficient (Wildman–Crippen LogP) is 2.42. The van der Waals surface area contributed by atoms with Gasteiger partial charge in [0.05, 0.1) is 17.6 Å². The Hall–Kier alpha value is -3.94. The number of nitrogens with one attached hydrogen (secondary N) is 2. The first kappa shape index (κ1) is 20.8. The Morgan fingerprint density at radius 1 is 1.37 bits per heavy atom. The van der Waals surface area contributed by atoms with Crippen LogP contribution in [0.2, 0.25) is 0 Å². The molecule has 1 aliphatic heterocycles. The van der Waals surface area contributed by atoms with E-state index in [4.69, 9.17) is 16.1 Å². The maximum Gasteiger partial charge on any atom is 0.261 e. The molecule has 0 fully saturated rings. The molecule has 1 aromatic heterocycles. The summed E-state index contributed by atoms with van der Waals surface area (Å²) >= 11 is 0. The van der Waals surface area contributed by atoms with E-state index in [0.717, 1.165) is 10.9 Å². The molecule has 0 atom stereocenters. The fourth-order valence-electron chi connectivity index (χ4n) is 3.20. The lowest BCUT2D eigenvalue weighted by Gasteiger charge is -2.29. The Kier molecular flexibility index (Phi) is 6.26. The van der Waals surface area contributed by atoms with E-state index in [0.29, 0.717) is 35.2 Å². The molecule has 0 bridgehead atoms. The Bertz CT molecular complexity index is 1080. The van der Waals surface area contributed by atoms with Crippen LogP contribution in [0.3, 0.4) is 0 Å². The molecule has 0 radical (unpaired) electrons. The molecule has 0 unspecified atom stereocenters. The van der Waals surface area contributed by atoms with Crippen molar-refractivity contribution >= 4 is 28.8 Å². The average molecular weight is 403 g/mol. The van der Waals surface area contributed by atoms with Crippen LogP contribution in [0.5, 0.6) is 0 Å². The molecule has 0 saturated heterocycles. The van der Waals surface area contributed by atoms with Crippen molar-refractivity contribution in [1.29, 1.82) is 5.41 Å². The number of carbonyl (C=O) groups is 1. The maximum atomic E-state index is 12.8. The molecule has 3 rings (SSSR count). The summed E-state index contributed by atoms with van der Waals surface area (Å²) in [5, 5.41) is 11.5. The van der Waals surface area contributed by atoms with Crippen molar-refractivity contribution in [3.63, 3.8) is 0 Å². The van der Waals surface area contributed by atoms with E-state index in [1.54, 1.807) is 11.1 Å². The third-order valence-electron chi connectivity index (χ3n) is 4.76. The van der Waals surface area contributed by atoms with Crippen LogP contribution in [-0.2, 0) is 11.3 Å². The Morgan fingerprint density at radius 2 is 2.13 bits per heavy atom. The maximum absolute atomic E-state index is 12.8. The molecular weight excluding hydrogens is 378 g/mol. The van der Waals surface area contributed by atoms with E-state index in [1.807, 2.05) is 49.2 Å². The monoisotopic (exact) mass is 403 g/mol. The van der Waals surface area contributed by atoms with Gasteiger partial charge in [0, 0.05) is 43.2 Å². The molecule has 4 N–H and O–H groups in total. The van der Waals surface area contributed by atoms with Crippen LogP contribution >= 0.6 is 0 Å². The van der Waals surface area contributed by atoms with Gasteiger partial charge in [-0.3, -0.25) is 9.69 Å². The summed E-state index contributed by atoms with van der Waals surface area (Å²) in [5.41, 5.74) is 7.51. The van der Waals surface area contributed by atoms with E-state index >= 15 is 0 Å². The lowest BCUT2D eigenvalue weighted by Crippen LogP contribution is -2.40. The van der Waals surface area contributed by atoms with Gasteiger partial charge in [-0.2, -0.15) is 0 Å². The third-order valence-corrected chi connectivity index (χ3v) is 4.76. The van der Waals surface area contributed by atoms with Crippen LogP contribution in [0.4, 0.5) is 5.82 Å². The number of para-hydroxylation sites is 1. The van der Waals surface area contributed by atoms with Crippen molar-refractivity contribution in [1.82, 2.24) is 20.2 Å². The summed E-state index contributed by atoms with van der Waals surface area (Å²) < 4.78 is 0. The molecule has 8 nitrogen and oxygen atoms in total. The van der Waals surface area contributed by atoms with Gasteiger partial charge in [-0.05, 0) is 25.1 Å². The number of hydrogen-bond acceptors (Lipinski definition) is 7. The van der Waals surface area contributed by atoms with Crippen LogP contribution < -0.4 is 16.0 Å². The Morgan fingerprint density at radius 3 is 2.80 bits per heavy atom. The number of aromatic nitrogens is 2. The highest BCUT2D eigenvalue weighted by molar-refractivity contribution is 5.98. The van der Waals surface area contributed by atoms with Crippen molar-refractivity contribution in [2.45, 2.75) is 13.5 Å². The summed E-state index contributed by atoms with van der Waals surface area (Å²) in [5.74, 6) is 1.70. The summed E-state index contributed by atoms with van der Waals surface area (Å²) in [6, 6.07) is 7.70. The second-order valence-corrected chi connectivity index (χ2v) is 6.74. The molecular formula is C22H25N7O. The number of anilines is 1. The molecule has 1 amide bonds. The quantitative estimate of drug-likeness (QED) is 0.612. The topological polar surface area (TPSA) is 111 Å². The number of likely N-dealkylation sites (N-methyl/N-ethyl adjacent to an activating group) is 1. The number of nitrogens with two attached hydrogens (primary N) is 1. The van der Waals surface area contributed by atoms with E-state index in [2.05, 4.69) is 16.9 Å². The molecule has 0 saturated carbocycles. The van der Waals surface area contributed by atoms with Gasteiger partial charge < -0.3 is 21.4 Å². The minimum atomic E-state index is -0.166. The van der Waals surface area contributed by atoms with Gasteiger partial charge in [0.25, 0.3) is 5.91 Å². The van der Waals surface area contributed by atoms with Crippen molar-refractivity contribution in [2.24, 2.45) is 5.73 Å². The number of amides is 1. The van der Waals surface area contributed by atoms with Crippen molar-refractivity contribution in [3.05, 3.63) is 78.2 Å². The highest BCUT2D eigenvalue weighted by Gasteiger charge is 2.25. The predicted molar refractivity (Wildman–Crippen MR) is 120 cm³/mol. The number of benzene rings is 1. The lowest BCUT2D eigenvalue weighted by atomic mass is 10.2. The first-order valence-corrected chi connectivity index (χ1v) is 9.47. The van der Waals surface area contributed by atoms with E-state index in [9.17, 15) is 4.79 Å². The van der Waals surface area contributed by atoms with Crippen LogP contribution in [-0.4, -0.2) is 40.6 Å². The smallest absolute Gasteiger partial charge is 0.261 e. The first-order valence-electron chi connectivity index (χ1n) is 9.47. The van der Waals surface area contributed by atoms with Crippen LogP contribution in [0.15, 0.2) is 72.4 Å². The second-order valence-electron chi connectivity index (χ2n) is 6.74. The fourth-order valence-corrected chi connectivity index (χ4v) is 3.20. The molecule has 30 heavy (non-hydrogen) atoms. The van der Waals surface area contributed by atoms with E-state index in [1.165, 1.54) is 18.5 Å². The molecule has 1 aromatic carbocycles. The fraction of sp³-hybridized carbons (Fsp3) is 0.182. The first-order chi connectivity index (χ1) is 14.5. The van der Waals surface area contributed by atoms with Gasteiger partial charge in [0.2, 0.25) is 0 Å². The average Bonchev–Trinajstić information content (AvgIpc) is 2.78. The highest BCUT2D eigenvalue weighted by atomic mass is 16.2. The minimum absolute atomic E-state index is 0.166. The van der Waals surface area contributed by atoms with E-state index < -0.39 is 0 Å². The van der Waals surface area contributed by atoms with Gasteiger partial charge in [-0.15, -0.1) is 0 Å². The largest absolute Gasteiger partial charge is 0.404 e. The summed E-state index contributed by atoms with van der Waals surface area (Å²) in [6.07, 6.45) is 7.62. The summed E-state index contributed by atoms with van der Waals surface area (Å²) in [4.78, 5) is 25.8. The normalized spacial score (nSPS) is 15.7. The molecule has 2 heterocycles. The van der Waals surface area contributed by atoms with E-state index in [-0.39, 0.29) is 12.5 Å². The minimum Gasteiger partial charge on any atom is -0.404 e. The van der Waals surface area contributed by atoms with Crippen molar-refractivity contribution in [3.8, 4) is 0 Å². The SMILES string of the molecule is C=CC1=CN/C(=C\C)N(Cc2nc(N(C)CC(C=N)=CN)c3ccccc3n2)C1=O. The molecule has 2 aromatic rings. The van der Waals surface area contributed by atoms with Gasteiger partial charge in [-0.1, -0.05) is 24.8 Å². The number of nitrogens with zero attached hydrogens (tertiary/aromatic N) is 4. The number of rotatable bonds is 7. The van der Waals surface area contributed by atoms with Crippen LogP contribution in [0.25, 0.3) is 10.9 Å². The van der Waals surface area contributed by atoms with Gasteiger partial charge in [0.15, 0.2) is 5.82 Å². The van der Waals surface area contributed by atoms with Crippen molar-refractivity contribution < 1.29 is 4.79 Å². The molecule has 154 valence electrons. The zero-order valence-corrected chi connectivity index (χ0v) is 17.1. The number of fused-ring (bicyclic) bond motifs is 1. The Labute approximate surface area is 175 Å². The van der Waals surface area contributed by atoms with Gasteiger partial charge in [-0.25, -0.2) is 9.97 Å². The zero-order chi connectivity index (χ0) is 21.7. The Balaban J connectivity index is 2.03. The molecule has 0 aliphatic carbocycles. The number of allylic oxidation sites excluding steroid dienone is 1. The van der Waals surface area contributed by atoms with Gasteiger partial charge in [0.1, 0.15) is 11.6 Å². The number of hydrogen-bond donors (Lipinski definition) is 3.